The normalized spacial score (nSPS) is 19.9. The third-order valence-corrected chi connectivity index (χ3v) is 7.38. The van der Waals surface area contributed by atoms with Gasteiger partial charge in [0.05, 0.1) is 22.8 Å². The van der Waals surface area contributed by atoms with Crippen LogP contribution in [0.1, 0.15) is 35.5 Å². The van der Waals surface area contributed by atoms with Crippen molar-refractivity contribution in [3.8, 4) is 17.3 Å². The van der Waals surface area contributed by atoms with E-state index in [0.717, 1.165) is 11.1 Å². The van der Waals surface area contributed by atoms with E-state index in [-0.39, 0.29) is 17.9 Å². The molecule has 0 unspecified atom stereocenters. The fraction of sp³-hybridized carbons (Fsp3) is 0.346. The van der Waals surface area contributed by atoms with E-state index >= 15 is 0 Å². The van der Waals surface area contributed by atoms with Crippen LogP contribution in [0.4, 0.5) is 16.6 Å². The highest BCUT2D eigenvalue weighted by atomic mass is 16.2. The maximum absolute atomic E-state index is 13.2. The minimum absolute atomic E-state index is 0.00771. The van der Waals surface area contributed by atoms with Gasteiger partial charge in [-0.15, -0.1) is 0 Å². The first-order chi connectivity index (χ1) is 17.9. The molecule has 0 spiro atoms. The number of hydrogen-bond donors (Lipinski definition) is 1. The molecule has 2 saturated heterocycles. The number of carbonyl (C=O) groups excluding carboxylic acids is 2. The first-order valence-electron chi connectivity index (χ1n) is 12.2. The summed E-state index contributed by atoms with van der Waals surface area (Å²) < 4.78 is 0. The number of fused-ring (bicyclic) bond motifs is 2. The Hall–Kier alpha value is -4.59. The number of Topliss-reactive ketones (excluding diaryl/α,β-unsaturated/α-hetero) is 1. The van der Waals surface area contributed by atoms with Gasteiger partial charge >= 0.3 is 6.03 Å². The third kappa shape index (κ3) is 3.72. The minimum Gasteiger partial charge on any atom is -0.339 e. The third-order valence-electron chi connectivity index (χ3n) is 7.38. The Bertz CT molecular complexity index is 1450. The van der Waals surface area contributed by atoms with Crippen LogP contribution in [0.5, 0.6) is 0 Å². The molecule has 2 fully saturated rings. The summed E-state index contributed by atoms with van der Waals surface area (Å²) in [6.45, 7) is 6.68. The van der Waals surface area contributed by atoms with Crippen molar-refractivity contribution in [2.45, 2.75) is 32.0 Å². The van der Waals surface area contributed by atoms with Gasteiger partial charge in [-0.05, 0) is 32.0 Å². The molecule has 3 aliphatic heterocycles. The zero-order valence-corrected chi connectivity index (χ0v) is 20.5. The van der Waals surface area contributed by atoms with E-state index in [4.69, 9.17) is 4.98 Å². The number of carbonyl (C=O) groups is 2. The van der Waals surface area contributed by atoms with Gasteiger partial charge in [0.25, 0.3) is 0 Å². The van der Waals surface area contributed by atoms with Gasteiger partial charge in [-0.2, -0.15) is 5.26 Å². The number of rotatable bonds is 4. The largest absolute Gasteiger partial charge is 0.339 e. The number of ketones is 1. The maximum Gasteiger partial charge on any atom is 0.317 e. The molecular formula is C26H25N9O2. The molecule has 1 N–H and O–H groups in total. The van der Waals surface area contributed by atoms with Crippen molar-refractivity contribution in [3.05, 3.63) is 59.7 Å². The van der Waals surface area contributed by atoms with Crippen molar-refractivity contribution < 1.29 is 9.59 Å². The summed E-state index contributed by atoms with van der Waals surface area (Å²) in [6.07, 6.45) is 5.06. The van der Waals surface area contributed by atoms with Crippen LogP contribution in [0.3, 0.4) is 0 Å². The lowest BCUT2D eigenvalue weighted by Crippen LogP contribution is -2.52. The van der Waals surface area contributed by atoms with E-state index in [1.54, 1.807) is 30.7 Å². The lowest BCUT2D eigenvalue weighted by molar-refractivity contribution is 0.0923. The molecule has 11 nitrogen and oxygen atoms in total. The molecular weight excluding hydrogens is 470 g/mol. The average Bonchev–Trinajstić information content (AvgIpc) is 3.38. The Balaban J connectivity index is 1.27. The predicted octanol–water partition coefficient (Wildman–Crippen LogP) is 2.00. The zero-order chi connectivity index (χ0) is 25.7. The molecule has 0 radical (unpaired) electrons. The Labute approximate surface area is 213 Å². The molecule has 0 aliphatic carbocycles. The number of hydrogen-bond acceptors (Lipinski definition) is 9. The topological polar surface area (TPSA) is 131 Å². The second-order valence-corrected chi connectivity index (χ2v) is 9.92. The smallest absolute Gasteiger partial charge is 0.317 e. The second kappa shape index (κ2) is 8.51. The van der Waals surface area contributed by atoms with Gasteiger partial charge in [0.15, 0.2) is 5.78 Å². The van der Waals surface area contributed by atoms with E-state index in [1.807, 2.05) is 35.8 Å². The molecule has 186 valence electrons. The number of anilines is 2. The predicted molar refractivity (Wildman–Crippen MR) is 135 cm³/mol. The second-order valence-electron chi connectivity index (χ2n) is 9.92. The molecule has 0 bridgehead atoms. The van der Waals surface area contributed by atoms with Gasteiger partial charge in [0.2, 0.25) is 5.95 Å². The number of nitrogens with one attached hydrogen (secondary N) is 1. The van der Waals surface area contributed by atoms with Crippen LogP contribution >= 0.6 is 0 Å². The van der Waals surface area contributed by atoms with E-state index in [2.05, 4.69) is 31.2 Å². The molecule has 2 amide bonds. The van der Waals surface area contributed by atoms with E-state index in [9.17, 15) is 14.9 Å². The standard InChI is InChI=1S/C26H25N9O2/c1-26(2)22(36)19-5-6-20(32-23(19)35(26)14-16-4-3-7-28-21(16)10-27)17-11-29-24(30-12-17)33-8-9-34-18(15-33)13-31-25(34)37/h3-7,11-12,18H,8-9,13-15H2,1-2H3,(H,31,37)/t18-/m1/s1. The molecule has 6 rings (SSSR count). The molecule has 37 heavy (non-hydrogen) atoms. The van der Waals surface area contributed by atoms with E-state index in [0.29, 0.717) is 61.4 Å². The Morgan fingerprint density at radius 1 is 1.14 bits per heavy atom. The van der Waals surface area contributed by atoms with Crippen LogP contribution in [-0.4, -0.2) is 74.4 Å². The van der Waals surface area contributed by atoms with E-state index in [1.165, 1.54) is 0 Å². The first kappa shape index (κ1) is 22.8. The van der Waals surface area contributed by atoms with Crippen LogP contribution in [-0.2, 0) is 6.54 Å². The number of aromatic nitrogens is 4. The quantitative estimate of drug-likeness (QED) is 0.577. The number of nitrogens with zero attached hydrogens (tertiary/aromatic N) is 8. The summed E-state index contributed by atoms with van der Waals surface area (Å²) in [6, 6.07) is 9.48. The first-order valence-corrected chi connectivity index (χ1v) is 12.2. The lowest BCUT2D eigenvalue weighted by atomic mass is 9.97. The van der Waals surface area contributed by atoms with Crippen molar-refractivity contribution in [1.29, 1.82) is 5.26 Å². The fourth-order valence-corrected chi connectivity index (χ4v) is 5.22. The number of amides is 2. The fourth-order valence-electron chi connectivity index (χ4n) is 5.22. The Morgan fingerprint density at radius 2 is 1.95 bits per heavy atom. The van der Waals surface area contributed by atoms with Gasteiger partial charge < -0.3 is 20.0 Å². The molecule has 0 aromatic carbocycles. The monoisotopic (exact) mass is 495 g/mol. The van der Waals surface area contributed by atoms with Crippen LogP contribution in [0.25, 0.3) is 11.3 Å². The van der Waals surface area contributed by atoms with Gasteiger partial charge in [-0.1, -0.05) is 6.07 Å². The van der Waals surface area contributed by atoms with Crippen molar-refractivity contribution in [2.75, 3.05) is 36.0 Å². The average molecular weight is 496 g/mol. The molecule has 3 aromatic rings. The number of pyridine rings is 2. The molecule has 6 heterocycles. The maximum atomic E-state index is 13.2. The number of nitriles is 1. The van der Waals surface area contributed by atoms with Crippen molar-refractivity contribution in [3.63, 3.8) is 0 Å². The summed E-state index contributed by atoms with van der Waals surface area (Å²) in [4.78, 5) is 49.1. The summed E-state index contributed by atoms with van der Waals surface area (Å²) in [5.74, 6) is 1.16. The minimum atomic E-state index is -0.824. The van der Waals surface area contributed by atoms with E-state index < -0.39 is 5.54 Å². The highest BCUT2D eigenvalue weighted by Crippen LogP contribution is 2.39. The highest BCUT2D eigenvalue weighted by Gasteiger charge is 2.45. The Morgan fingerprint density at radius 3 is 2.73 bits per heavy atom. The SMILES string of the molecule is CC1(C)C(=O)c2ccc(-c3cnc(N4CCN5C(=O)NC[C@@H]5C4)nc3)nc2N1Cc1cccnc1C#N. The van der Waals surface area contributed by atoms with Crippen LogP contribution in [0.2, 0.25) is 0 Å². The summed E-state index contributed by atoms with van der Waals surface area (Å²) >= 11 is 0. The molecule has 11 heteroatoms. The molecule has 0 saturated carbocycles. The Kier molecular flexibility index (Phi) is 5.26. The number of urea groups is 1. The highest BCUT2D eigenvalue weighted by molar-refractivity contribution is 6.12. The van der Waals surface area contributed by atoms with Gasteiger partial charge in [0, 0.05) is 62.4 Å². The summed E-state index contributed by atoms with van der Waals surface area (Å²) in [7, 11) is 0. The molecule has 3 aliphatic rings. The molecule has 3 aromatic heterocycles. The van der Waals surface area contributed by atoms with Crippen LogP contribution in [0, 0.1) is 11.3 Å². The molecule has 1 atom stereocenters. The van der Waals surface area contributed by atoms with Crippen molar-refractivity contribution in [2.24, 2.45) is 0 Å². The summed E-state index contributed by atoms with van der Waals surface area (Å²) in [5, 5.41) is 12.4. The summed E-state index contributed by atoms with van der Waals surface area (Å²) in [5.41, 5.74) is 2.18. The number of piperazine rings is 1. The lowest BCUT2D eigenvalue weighted by Gasteiger charge is -2.36. The van der Waals surface area contributed by atoms with Gasteiger partial charge in [-0.3, -0.25) is 4.79 Å². The van der Waals surface area contributed by atoms with Crippen LogP contribution < -0.4 is 15.1 Å². The van der Waals surface area contributed by atoms with Crippen molar-refractivity contribution >= 4 is 23.6 Å². The van der Waals surface area contributed by atoms with Crippen LogP contribution in [0.15, 0.2) is 42.9 Å². The van der Waals surface area contributed by atoms with Crippen molar-refractivity contribution in [1.82, 2.24) is 30.2 Å². The van der Waals surface area contributed by atoms with Gasteiger partial charge in [-0.25, -0.2) is 24.7 Å². The van der Waals surface area contributed by atoms with Gasteiger partial charge in [0.1, 0.15) is 17.6 Å². The zero-order valence-electron chi connectivity index (χ0n) is 20.5.